The van der Waals surface area contributed by atoms with Crippen molar-refractivity contribution >= 4 is 46.1 Å². The summed E-state index contributed by atoms with van der Waals surface area (Å²) in [6.07, 6.45) is 2.00. The van der Waals surface area contributed by atoms with Gasteiger partial charge in [0.15, 0.2) is 0 Å². The van der Waals surface area contributed by atoms with E-state index in [9.17, 15) is 4.79 Å². The number of hydrogen-bond donors (Lipinski definition) is 1. The number of nitrogens with one attached hydrogen (secondary N) is 1. The van der Waals surface area contributed by atoms with Crippen LogP contribution in [0.15, 0.2) is 18.2 Å². The summed E-state index contributed by atoms with van der Waals surface area (Å²) in [5.74, 6) is 0.377. The number of carbonyl (C=O) groups excluding carboxylic acids is 1. The van der Waals surface area contributed by atoms with Crippen molar-refractivity contribution in [1.82, 2.24) is 15.1 Å². The van der Waals surface area contributed by atoms with E-state index in [4.69, 9.17) is 23.2 Å². The van der Waals surface area contributed by atoms with Crippen molar-refractivity contribution < 1.29 is 4.79 Å². The van der Waals surface area contributed by atoms with Crippen LogP contribution >= 0.6 is 34.5 Å². The van der Waals surface area contributed by atoms with Crippen molar-refractivity contribution in [2.24, 2.45) is 0 Å². The number of halogens is 2. The number of amides is 1. The van der Waals surface area contributed by atoms with Crippen LogP contribution in [-0.4, -0.2) is 40.6 Å². The minimum atomic E-state index is -0.0793. The van der Waals surface area contributed by atoms with Gasteiger partial charge in [0.1, 0.15) is 10.0 Å². The number of hydrogen-bond acceptors (Lipinski definition) is 5. The van der Waals surface area contributed by atoms with Crippen LogP contribution in [0.1, 0.15) is 28.8 Å². The lowest BCUT2D eigenvalue weighted by atomic mass is 9.98. The summed E-state index contributed by atoms with van der Waals surface area (Å²) in [6.45, 7) is 4.08. The fourth-order valence-corrected chi connectivity index (χ4v) is 4.02. The number of benzene rings is 1. The van der Waals surface area contributed by atoms with E-state index in [-0.39, 0.29) is 5.91 Å². The number of piperidine rings is 1. The van der Waals surface area contributed by atoms with Gasteiger partial charge in [-0.05, 0) is 45.0 Å². The maximum absolute atomic E-state index is 12.2. The lowest BCUT2D eigenvalue weighted by Gasteiger charge is -2.30. The van der Waals surface area contributed by atoms with Crippen molar-refractivity contribution in [2.45, 2.75) is 25.7 Å². The van der Waals surface area contributed by atoms with Gasteiger partial charge < -0.3 is 5.32 Å². The van der Waals surface area contributed by atoms with Crippen LogP contribution in [0.4, 0.5) is 5.69 Å². The zero-order chi connectivity index (χ0) is 17.1. The maximum Gasteiger partial charge on any atom is 0.238 e. The van der Waals surface area contributed by atoms with E-state index in [1.807, 2.05) is 6.92 Å². The van der Waals surface area contributed by atoms with Gasteiger partial charge in [-0.15, -0.1) is 21.5 Å². The molecule has 1 aromatic heterocycles. The molecule has 0 bridgehead atoms. The highest BCUT2D eigenvalue weighted by Gasteiger charge is 2.24. The van der Waals surface area contributed by atoms with Crippen molar-refractivity contribution in [3.05, 3.63) is 38.3 Å². The molecule has 0 unspecified atom stereocenters. The number of carbonyl (C=O) groups is 1. The molecule has 1 N–H and O–H groups in total. The highest BCUT2D eigenvalue weighted by molar-refractivity contribution is 7.11. The monoisotopic (exact) mass is 384 g/mol. The summed E-state index contributed by atoms with van der Waals surface area (Å²) in [5, 5.41) is 14.1. The molecule has 128 valence electrons. The van der Waals surface area contributed by atoms with Crippen LogP contribution < -0.4 is 5.32 Å². The quantitative estimate of drug-likeness (QED) is 0.865. The molecule has 2 aromatic rings. The largest absolute Gasteiger partial charge is 0.324 e. The smallest absolute Gasteiger partial charge is 0.238 e. The molecular weight excluding hydrogens is 367 g/mol. The Hall–Kier alpha value is -1.21. The summed E-state index contributed by atoms with van der Waals surface area (Å²) in [7, 11) is 0. The van der Waals surface area contributed by atoms with E-state index < -0.39 is 0 Å². The van der Waals surface area contributed by atoms with Crippen molar-refractivity contribution in [1.29, 1.82) is 0 Å². The van der Waals surface area contributed by atoms with Crippen LogP contribution in [0, 0.1) is 6.92 Å². The molecule has 8 heteroatoms. The molecule has 3 rings (SSSR count). The lowest BCUT2D eigenvalue weighted by molar-refractivity contribution is -0.117. The molecule has 5 nitrogen and oxygen atoms in total. The predicted molar refractivity (Wildman–Crippen MR) is 98.2 cm³/mol. The first-order valence-electron chi connectivity index (χ1n) is 7.79. The molecule has 0 saturated carbocycles. The molecule has 2 heterocycles. The van der Waals surface area contributed by atoms with Crippen molar-refractivity contribution in [3.8, 4) is 0 Å². The van der Waals surface area contributed by atoms with E-state index in [0.29, 0.717) is 28.2 Å². The fourth-order valence-electron chi connectivity index (χ4n) is 2.81. The van der Waals surface area contributed by atoms with E-state index in [1.54, 1.807) is 29.5 Å². The van der Waals surface area contributed by atoms with Crippen LogP contribution in [0.2, 0.25) is 10.0 Å². The summed E-state index contributed by atoms with van der Waals surface area (Å²) in [4.78, 5) is 14.4. The Morgan fingerprint density at radius 1 is 1.33 bits per heavy atom. The normalized spacial score (nSPS) is 16.3. The third-order valence-electron chi connectivity index (χ3n) is 4.07. The minimum Gasteiger partial charge on any atom is -0.324 e. The summed E-state index contributed by atoms with van der Waals surface area (Å²) < 4.78 is 0. The second-order valence-electron chi connectivity index (χ2n) is 5.86. The topological polar surface area (TPSA) is 58.1 Å². The summed E-state index contributed by atoms with van der Waals surface area (Å²) >= 11 is 13.7. The third kappa shape index (κ3) is 4.25. The second kappa shape index (κ2) is 7.78. The third-order valence-corrected chi connectivity index (χ3v) is 5.89. The molecule has 1 aromatic carbocycles. The molecule has 1 fully saturated rings. The average Bonchev–Trinajstić information content (AvgIpc) is 2.99. The molecule has 0 spiro atoms. The first-order chi connectivity index (χ1) is 11.5. The number of likely N-dealkylation sites (tertiary alicyclic amines) is 1. The van der Waals surface area contributed by atoms with Crippen LogP contribution in [0.3, 0.4) is 0 Å². The second-order valence-corrected chi connectivity index (χ2v) is 7.86. The first kappa shape index (κ1) is 17.6. The Balaban J connectivity index is 1.50. The molecule has 24 heavy (non-hydrogen) atoms. The highest BCUT2D eigenvalue weighted by atomic mass is 35.5. The Kier molecular flexibility index (Phi) is 5.71. The molecule has 0 aliphatic carbocycles. The van der Waals surface area contributed by atoms with Crippen LogP contribution in [0.25, 0.3) is 0 Å². The van der Waals surface area contributed by atoms with Gasteiger partial charge in [-0.1, -0.05) is 29.3 Å². The van der Waals surface area contributed by atoms with E-state index in [2.05, 4.69) is 20.4 Å². The van der Waals surface area contributed by atoms with Gasteiger partial charge in [0.05, 0.1) is 22.3 Å². The zero-order valence-corrected chi connectivity index (χ0v) is 15.6. The fraction of sp³-hybridized carbons (Fsp3) is 0.438. The van der Waals surface area contributed by atoms with Crippen molar-refractivity contribution in [2.75, 3.05) is 25.0 Å². The molecule has 0 radical (unpaired) electrons. The van der Waals surface area contributed by atoms with Crippen LogP contribution in [0.5, 0.6) is 0 Å². The van der Waals surface area contributed by atoms with Gasteiger partial charge in [-0.25, -0.2) is 0 Å². The SMILES string of the molecule is Cc1nnc(C2CCN(CC(=O)Nc3cccc(Cl)c3Cl)CC2)s1. The molecular formula is C16H18Cl2N4OS. The van der Waals surface area contributed by atoms with Gasteiger partial charge in [-0.3, -0.25) is 9.69 Å². The Bertz CT molecular complexity index is 729. The predicted octanol–water partition coefficient (Wildman–Crippen LogP) is 3.97. The molecule has 1 aliphatic rings. The van der Waals surface area contributed by atoms with Gasteiger partial charge >= 0.3 is 0 Å². The van der Waals surface area contributed by atoms with Gasteiger partial charge in [0.25, 0.3) is 0 Å². The number of rotatable bonds is 4. The first-order valence-corrected chi connectivity index (χ1v) is 9.36. The van der Waals surface area contributed by atoms with Gasteiger partial charge in [0, 0.05) is 5.92 Å². The molecule has 1 aliphatic heterocycles. The average molecular weight is 385 g/mol. The van der Waals surface area contributed by atoms with E-state index in [1.165, 1.54) is 0 Å². The van der Waals surface area contributed by atoms with E-state index in [0.717, 1.165) is 35.9 Å². The van der Waals surface area contributed by atoms with Gasteiger partial charge in [-0.2, -0.15) is 0 Å². The summed E-state index contributed by atoms with van der Waals surface area (Å²) in [6, 6.07) is 5.20. The van der Waals surface area contributed by atoms with Crippen molar-refractivity contribution in [3.63, 3.8) is 0 Å². The highest BCUT2D eigenvalue weighted by Crippen LogP contribution is 2.31. The van der Waals surface area contributed by atoms with Gasteiger partial charge in [0.2, 0.25) is 5.91 Å². The molecule has 0 atom stereocenters. The summed E-state index contributed by atoms with van der Waals surface area (Å²) in [5.41, 5.74) is 0.549. The lowest BCUT2D eigenvalue weighted by Crippen LogP contribution is -2.38. The molecule has 1 amide bonds. The Labute approximate surface area is 155 Å². The number of anilines is 1. The van der Waals surface area contributed by atoms with Crippen LogP contribution in [-0.2, 0) is 4.79 Å². The van der Waals surface area contributed by atoms with E-state index >= 15 is 0 Å². The maximum atomic E-state index is 12.2. The molecule has 1 saturated heterocycles. The zero-order valence-electron chi connectivity index (χ0n) is 13.3. The standard InChI is InChI=1S/C16H18Cl2N4OS/c1-10-20-21-16(24-10)11-5-7-22(8-6-11)9-14(23)19-13-4-2-3-12(17)15(13)18/h2-4,11H,5-9H2,1H3,(H,19,23). The Morgan fingerprint density at radius 3 is 2.75 bits per heavy atom. The number of aromatic nitrogens is 2. The Morgan fingerprint density at radius 2 is 2.08 bits per heavy atom. The minimum absolute atomic E-state index is 0.0793. The number of aryl methyl sites for hydroxylation is 1. The number of nitrogens with zero attached hydrogens (tertiary/aromatic N) is 3.